The average molecular weight is 312 g/mol. The Kier molecular flexibility index (Phi) is 5.48. The molecule has 0 radical (unpaired) electrons. The van der Waals surface area contributed by atoms with Crippen molar-refractivity contribution in [1.82, 2.24) is 9.62 Å². The molecular formula is C12H22F2N2O3S. The number of hydrogen-bond donors (Lipinski definition) is 1. The van der Waals surface area contributed by atoms with Crippen LogP contribution in [0.2, 0.25) is 0 Å². The lowest BCUT2D eigenvalue weighted by Gasteiger charge is -2.37. The van der Waals surface area contributed by atoms with Crippen molar-refractivity contribution >= 4 is 16.4 Å². The fourth-order valence-electron chi connectivity index (χ4n) is 2.63. The maximum Gasteiger partial charge on any atom is 0.258 e. The van der Waals surface area contributed by atoms with Gasteiger partial charge in [-0.3, -0.25) is 4.79 Å². The number of rotatable bonds is 7. The lowest BCUT2D eigenvalue weighted by molar-refractivity contribution is -0.111. The quantitative estimate of drug-likeness (QED) is 0.722. The van der Waals surface area contributed by atoms with Gasteiger partial charge in [-0.05, 0) is 12.8 Å². The van der Waals surface area contributed by atoms with Crippen LogP contribution in [0.5, 0.6) is 0 Å². The van der Waals surface area contributed by atoms with Gasteiger partial charge in [0.15, 0.2) is 0 Å². The van der Waals surface area contributed by atoms with E-state index in [0.29, 0.717) is 30.5 Å². The Bertz CT molecular complexity index is 428. The van der Waals surface area contributed by atoms with Crippen LogP contribution in [0, 0.1) is 0 Å². The number of carbonyl (C=O) groups is 1. The molecule has 0 heterocycles. The summed E-state index contributed by atoms with van der Waals surface area (Å²) in [5.74, 6) is -3.41. The van der Waals surface area contributed by atoms with Gasteiger partial charge in [-0.25, -0.2) is 17.2 Å². The van der Waals surface area contributed by atoms with Crippen LogP contribution in [0.1, 0.15) is 39.0 Å². The molecule has 5 nitrogen and oxygen atoms in total. The van der Waals surface area contributed by atoms with E-state index in [4.69, 9.17) is 0 Å². The minimum Gasteiger partial charge on any atom is -0.352 e. The first-order valence-corrected chi connectivity index (χ1v) is 8.24. The van der Waals surface area contributed by atoms with Crippen molar-refractivity contribution in [2.45, 2.75) is 50.5 Å². The van der Waals surface area contributed by atoms with Gasteiger partial charge in [0.1, 0.15) is 0 Å². The highest BCUT2D eigenvalue weighted by atomic mass is 32.2. The summed E-state index contributed by atoms with van der Waals surface area (Å²) in [6.45, 7) is -0.175. The van der Waals surface area contributed by atoms with Gasteiger partial charge in [-0.15, -0.1) is 0 Å². The van der Waals surface area contributed by atoms with Crippen molar-refractivity contribution in [2.24, 2.45) is 0 Å². The van der Waals surface area contributed by atoms with Gasteiger partial charge in [0, 0.05) is 14.0 Å². The van der Waals surface area contributed by atoms with Gasteiger partial charge >= 0.3 is 0 Å². The summed E-state index contributed by atoms with van der Waals surface area (Å²) in [7, 11) is -2.70. The molecule has 1 saturated carbocycles. The number of halogens is 2. The van der Waals surface area contributed by atoms with Crippen LogP contribution in [0.15, 0.2) is 0 Å². The monoisotopic (exact) mass is 312 g/mol. The first-order valence-electron chi connectivity index (χ1n) is 6.63. The van der Waals surface area contributed by atoms with E-state index < -0.39 is 28.0 Å². The molecule has 1 fully saturated rings. The minimum absolute atomic E-state index is 0.328. The molecule has 1 rings (SSSR count). The lowest BCUT2D eigenvalue weighted by atomic mass is 9.83. The minimum atomic E-state index is -3.84. The smallest absolute Gasteiger partial charge is 0.258 e. The Labute approximate surface area is 118 Å². The normalized spacial score (nSPS) is 19.9. The van der Waals surface area contributed by atoms with Gasteiger partial charge in [-0.1, -0.05) is 19.3 Å². The molecule has 0 bridgehead atoms. The van der Waals surface area contributed by atoms with Crippen molar-refractivity contribution in [3.8, 4) is 0 Å². The average Bonchev–Trinajstić information content (AvgIpc) is 2.27. The zero-order valence-electron chi connectivity index (χ0n) is 11.9. The summed E-state index contributed by atoms with van der Waals surface area (Å²) < 4.78 is 51.0. The van der Waals surface area contributed by atoms with Gasteiger partial charge < -0.3 is 5.32 Å². The van der Waals surface area contributed by atoms with Crippen LogP contribution in [0.25, 0.3) is 0 Å². The molecule has 1 amide bonds. The van der Waals surface area contributed by atoms with Gasteiger partial charge in [0.05, 0.1) is 17.8 Å². The predicted octanol–water partition coefficient (Wildman–Crippen LogP) is 1.35. The molecule has 0 aromatic rings. The Morgan fingerprint density at radius 3 is 2.30 bits per heavy atom. The maximum absolute atomic E-state index is 12.9. The van der Waals surface area contributed by atoms with Crippen LogP contribution < -0.4 is 5.32 Å². The summed E-state index contributed by atoms with van der Waals surface area (Å²) in [4.78, 5) is 10.7. The number of carbonyl (C=O) groups excluding carboxylic acids is 1. The molecule has 0 aromatic carbocycles. The zero-order chi connectivity index (χ0) is 15.4. The van der Waals surface area contributed by atoms with Crippen LogP contribution in [0.3, 0.4) is 0 Å². The van der Waals surface area contributed by atoms with Crippen LogP contribution in [0.4, 0.5) is 8.78 Å². The molecule has 8 heteroatoms. The van der Waals surface area contributed by atoms with E-state index in [1.807, 2.05) is 0 Å². The molecule has 1 N–H and O–H groups in total. The van der Waals surface area contributed by atoms with E-state index in [0.717, 1.165) is 26.3 Å². The number of nitrogens with zero attached hydrogens (tertiary/aromatic N) is 1. The molecule has 0 unspecified atom stereocenters. The summed E-state index contributed by atoms with van der Waals surface area (Å²) in [5.41, 5.74) is -0.823. The molecule has 20 heavy (non-hydrogen) atoms. The second-order valence-electron chi connectivity index (χ2n) is 5.69. The number of sulfonamides is 1. The van der Waals surface area contributed by atoms with Gasteiger partial charge in [-0.2, -0.15) is 4.31 Å². The molecule has 1 aliphatic carbocycles. The summed E-state index contributed by atoms with van der Waals surface area (Å²) in [6, 6.07) is 0. The fraction of sp³-hybridized carbons (Fsp3) is 0.917. The van der Waals surface area contributed by atoms with Crippen molar-refractivity contribution in [3.05, 3.63) is 0 Å². The SMILES string of the molecule is CN(CC(C)(F)F)S(=O)(=O)CC1(NC=O)CCCCC1. The van der Waals surface area contributed by atoms with E-state index in [-0.39, 0.29) is 5.75 Å². The largest absolute Gasteiger partial charge is 0.352 e. The standard InChI is InChI=1S/C12H22F2N2O3S/c1-11(13,14)8-16(2)20(18,19)9-12(15-10-17)6-4-3-5-7-12/h10H,3-9H2,1-2H3,(H,15,17). The third-order valence-corrected chi connectivity index (χ3v) is 5.61. The van der Waals surface area contributed by atoms with Crippen molar-refractivity contribution in [3.63, 3.8) is 0 Å². The van der Waals surface area contributed by atoms with E-state index in [2.05, 4.69) is 5.32 Å². The summed E-state index contributed by atoms with van der Waals surface area (Å²) >= 11 is 0. The number of hydrogen-bond acceptors (Lipinski definition) is 3. The van der Waals surface area contributed by atoms with Gasteiger partial charge in [0.25, 0.3) is 5.92 Å². The number of alkyl halides is 2. The van der Waals surface area contributed by atoms with Crippen molar-refractivity contribution < 1.29 is 22.0 Å². The molecule has 0 aromatic heterocycles. The predicted molar refractivity (Wildman–Crippen MR) is 72.1 cm³/mol. The summed E-state index contributed by atoms with van der Waals surface area (Å²) in [6.07, 6.45) is 4.25. The lowest BCUT2D eigenvalue weighted by Crippen LogP contribution is -2.54. The van der Waals surface area contributed by atoms with E-state index in [1.165, 1.54) is 0 Å². The zero-order valence-corrected chi connectivity index (χ0v) is 12.7. The third kappa shape index (κ3) is 4.97. The summed E-state index contributed by atoms with van der Waals surface area (Å²) in [5, 5.41) is 2.60. The van der Waals surface area contributed by atoms with Crippen molar-refractivity contribution in [2.75, 3.05) is 19.3 Å². The highest BCUT2D eigenvalue weighted by Gasteiger charge is 2.39. The molecule has 118 valence electrons. The maximum atomic E-state index is 12.9. The highest BCUT2D eigenvalue weighted by Crippen LogP contribution is 2.30. The van der Waals surface area contributed by atoms with Crippen LogP contribution in [-0.2, 0) is 14.8 Å². The molecule has 0 aliphatic heterocycles. The Hall–Kier alpha value is -0.760. The first kappa shape index (κ1) is 17.3. The topological polar surface area (TPSA) is 66.5 Å². The molecule has 0 spiro atoms. The Morgan fingerprint density at radius 2 is 1.85 bits per heavy atom. The van der Waals surface area contributed by atoms with Crippen molar-refractivity contribution in [1.29, 1.82) is 0 Å². The molecular weight excluding hydrogens is 290 g/mol. The van der Waals surface area contributed by atoms with E-state index in [9.17, 15) is 22.0 Å². The Morgan fingerprint density at radius 1 is 1.30 bits per heavy atom. The molecule has 0 atom stereocenters. The van der Waals surface area contributed by atoms with Gasteiger partial charge in [0.2, 0.25) is 16.4 Å². The fourth-order valence-corrected chi connectivity index (χ4v) is 4.35. The molecule has 1 aliphatic rings. The van der Waals surface area contributed by atoms with E-state index in [1.54, 1.807) is 0 Å². The van der Waals surface area contributed by atoms with Crippen LogP contribution in [-0.4, -0.2) is 49.9 Å². The number of amides is 1. The third-order valence-electron chi connectivity index (χ3n) is 3.61. The van der Waals surface area contributed by atoms with Crippen LogP contribution >= 0.6 is 0 Å². The second kappa shape index (κ2) is 6.34. The highest BCUT2D eigenvalue weighted by molar-refractivity contribution is 7.89. The number of nitrogens with one attached hydrogen (secondary N) is 1. The first-order chi connectivity index (χ1) is 9.10. The van der Waals surface area contributed by atoms with E-state index >= 15 is 0 Å². The second-order valence-corrected chi connectivity index (χ2v) is 7.76. The Balaban J connectivity index is 2.83. The molecule has 0 saturated heterocycles.